The fourth-order valence-corrected chi connectivity index (χ4v) is 8.24. The molecule has 50 heavy (non-hydrogen) atoms. The summed E-state index contributed by atoms with van der Waals surface area (Å²) in [4.78, 5) is 15.0. The number of benzene rings is 7. The van der Waals surface area contributed by atoms with Gasteiger partial charge in [-0.1, -0.05) is 140 Å². The molecule has 0 N–H and O–H groups in total. The summed E-state index contributed by atoms with van der Waals surface area (Å²) in [5, 5.41) is 4.66. The van der Waals surface area contributed by atoms with Crippen LogP contribution in [0.2, 0.25) is 0 Å². The number of nitrogens with zero attached hydrogens (tertiary/aromatic N) is 3. The maximum atomic E-state index is 6.57. The van der Waals surface area contributed by atoms with Gasteiger partial charge in [0, 0.05) is 53.2 Å². The number of furan rings is 1. The molecule has 0 aliphatic carbocycles. The Bertz CT molecular complexity index is 2800. The predicted octanol–water partition coefficient (Wildman–Crippen LogP) is 12.5. The average molecular weight is 658 g/mol. The van der Waals surface area contributed by atoms with Crippen molar-refractivity contribution in [3.05, 3.63) is 164 Å². The lowest BCUT2D eigenvalue weighted by atomic mass is 9.94. The molecule has 0 bridgehead atoms. The summed E-state index contributed by atoms with van der Waals surface area (Å²) in [7, 11) is 0. The fraction of sp³-hybridized carbons (Fsp3) is 0. The van der Waals surface area contributed by atoms with Gasteiger partial charge >= 0.3 is 0 Å². The molecule has 0 spiro atoms. The summed E-state index contributed by atoms with van der Waals surface area (Å²) < 4.78 is 8.93. The number of para-hydroxylation sites is 1. The molecule has 7 aromatic carbocycles. The van der Waals surface area contributed by atoms with E-state index in [9.17, 15) is 0 Å². The third kappa shape index (κ3) is 4.71. The van der Waals surface area contributed by atoms with E-state index in [1.165, 1.54) is 15.5 Å². The van der Waals surface area contributed by atoms with Crippen LogP contribution in [0.3, 0.4) is 0 Å². The van der Waals surface area contributed by atoms with E-state index < -0.39 is 0 Å². The van der Waals surface area contributed by atoms with E-state index >= 15 is 0 Å². The molecule has 0 saturated heterocycles. The van der Waals surface area contributed by atoms with E-state index in [-0.39, 0.29) is 0 Å². The Morgan fingerprint density at radius 2 is 1.00 bits per heavy atom. The molecule has 0 amide bonds. The second kappa shape index (κ2) is 11.6. The molecule has 0 saturated carbocycles. The molecule has 0 aliphatic heterocycles. The quantitative estimate of drug-likeness (QED) is 0.185. The number of hydrogen-bond acceptors (Lipinski definition) is 5. The summed E-state index contributed by atoms with van der Waals surface area (Å²) in [5.74, 6) is 1.98. The molecule has 234 valence electrons. The van der Waals surface area contributed by atoms with Crippen LogP contribution in [0.25, 0.3) is 98.5 Å². The summed E-state index contributed by atoms with van der Waals surface area (Å²) in [6, 6.07) is 56.7. The molecule has 0 atom stereocenters. The van der Waals surface area contributed by atoms with Crippen molar-refractivity contribution in [2.45, 2.75) is 0 Å². The first kappa shape index (κ1) is 28.6. The number of fused-ring (bicyclic) bond motifs is 6. The molecule has 10 aromatic rings. The zero-order chi connectivity index (χ0) is 33.0. The van der Waals surface area contributed by atoms with Crippen LogP contribution in [-0.4, -0.2) is 15.0 Å². The van der Waals surface area contributed by atoms with Crippen LogP contribution in [0.1, 0.15) is 0 Å². The minimum absolute atomic E-state index is 0.658. The highest BCUT2D eigenvalue weighted by Gasteiger charge is 2.20. The molecule has 3 aromatic heterocycles. The molecule has 3 heterocycles. The zero-order valence-corrected chi connectivity index (χ0v) is 27.6. The summed E-state index contributed by atoms with van der Waals surface area (Å²) in [6.07, 6.45) is 0. The normalized spacial score (nSPS) is 11.6. The van der Waals surface area contributed by atoms with Crippen LogP contribution < -0.4 is 0 Å². The Balaban J connectivity index is 1.16. The van der Waals surface area contributed by atoms with Crippen LogP contribution in [0, 0.1) is 0 Å². The first-order valence-corrected chi connectivity index (χ1v) is 17.4. The van der Waals surface area contributed by atoms with Crippen molar-refractivity contribution in [2.75, 3.05) is 0 Å². The Morgan fingerprint density at radius 1 is 0.400 bits per heavy atom. The van der Waals surface area contributed by atoms with Crippen LogP contribution in [-0.2, 0) is 0 Å². The zero-order valence-electron chi connectivity index (χ0n) is 26.7. The number of hydrogen-bond donors (Lipinski definition) is 0. The molecule has 4 nitrogen and oxygen atoms in total. The van der Waals surface area contributed by atoms with Gasteiger partial charge in [0.15, 0.2) is 17.5 Å². The van der Waals surface area contributed by atoms with Gasteiger partial charge in [-0.15, -0.1) is 11.3 Å². The minimum Gasteiger partial charge on any atom is -0.455 e. The van der Waals surface area contributed by atoms with E-state index in [0.29, 0.717) is 17.5 Å². The lowest BCUT2D eigenvalue weighted by Gasteiger charge is -2.09. The highest BCUT2D eigenvalue weighted by molar-refractivity contribution is 7.26. The smallest absolute Gasteiger partial charge is 0.165 e. The lowest BCUT2D eigenvalue weighted by molar-refractivity contribution is 0.670. The van der Waals surface area contributed by atoms with Crippen molar-refractivity contribution in [3.63, 3.8) is 0 Å². The molecule has 0 unspecified atom stereocenters. The van der Waals surface area contributed by atoms with Crippen LogP contribution in [0.15, 0.2) is 168 Å². The largest absolute Gasteiger partial charge is 0.455 e. The summed E-state index contributed by atoms with van der Waals surface area (Å²) in [6.45, 7) is 0. The Morgan fingerprint density at radius 3 is 1.72 bits per heavy atom. The van der Waals surface area contributed by atoms with Gasteiger partial charge in [-0.25, -0.2) is 15.0 Å². The van der Waals surface area contributed by atoms with Gasteiger partial charge < -0.3 is 4.42 Å². The Labute approximate surface area is 292 Å². The molecular weight excluding hydrogens is 631 g/mol. The summed E-state index contributed by atoms with van der Waals surface area (Å²) >= 11 is 1.78. The SMILES string of the molecule is c1ccc(-c2nc(-c3ccccc3)nc(-c3cccc4c3sc3cc(-c5ccc(-c6ccccc6)c6oc7ccccc7c56)ccc34)n2)cc1. The second-order valence-corrected chi connectivity index (χ2v) is 13.4. The van der Waals surface area contributed by atoms with Gasteiger partial charge in [0.2, 0.25) is 0 Å². The van der Waals surface area contributed by atoms with Crippen molar-refractivity contribution < 1.29 is 4.42 Å². The summed E-state index contributed by atoms with van der Waals surface area (Å²) in [5.41, 5.74) is 9.25. The number of aromatic nitrogens is 3. The first-order chi connectivity index (χ1) is 24.8. The van der Waals surface area contributed by atoms with Crippen molar-refractivity contribution in [3.8, 4) is 56.4 Å². The van der Waals surface area contributed by atoms with E-state index in [1.807, 2.05) is 72.8 Å². The Hall–Kier alpha value is -6.43. The molecule has 0 aliphatic rings. The third-order valence-corrected chi connectivity index (χ3v) is 10.6. The topological polar surface area (TPSA) is 51.8 Å². The highest BCUT2D eigenvalue weighted by atomic mass is 32.1. The lowest BCUT2D eigenvalue weighted by Crippen LogP contribution is -2.00. The van der Waals surface area contributed by atoms with Crippen LogP contribution in [0.4, 0.5) is 0 Å². The van der Waals surface area contributed by atoms with Gasteiger partial charge in [-0.3, -0.25) is 0 Å². The van der Waals surface area contributed by atoms with E-state index in [1.54, 1.807) is 11.3 Å². The number of thiophene rings is 1. The van der Waals surface area contributed by atoms with Crippen molar-refractivity contribution in [1.82, 2.24) is 15.0 Å². The van der Waals surface area contributed by atoms with E-state index in [4.69, 9.17) is 19.4 Å². The van der Waals surface area contributed by atoms with Crippen molar-refractivity contribution in [1.29, 1.82) is 0 Å². The van der Waals surface area contributed by atoms with Gasteiger partial charge in [0.05, 0.1) is 0 Å². The molecule has 0 fully saturated rings. The minimum atomic E-state index is 0.658. The van der Waals surface area contributed by atoms with Gasteiger partial charge in [-0.2, -0.15) is 0 Å². The molecule has 10 rings (SSSR count). The maximum Gasteiger partial charge on any atom is 0.165 e. The van der Waals surface area contributed by atoms with Crippen LogP contribution in [0.5, 0.6) is 0 Å². The van der Waals surface area contributed by atoms with Gasteiger partial charge in [-0.05, 0) is 41.0 Å². The predicted molar refractivity (Wildman–Crippen MR) is 207 cm³/mol. The maximum absolute atomic E-state index is 6.57. The third-order valence-electron chi connectivity index (χ3n) is 9.36. The highest BCUT2D eigenvalue weighted by Crippen LogP contribution is 2.45. The van der Waals surface area contributed by atoms with Gasteiger partial charge in [0.1, 0.15) is 11.2 Å². The van der Waals surface area contributed by atoms with E-state index in [0.717, 1.165) is 65.6 Å². The monoisotopic (exact) mass is 657 g/mol. The Kier molecular flexibility index (Phi) is 6.64. The molecule has 5 heteroatoms. The van der Waals surface area contributed by atoms with Crippen molar-refractivity contribution >= 4 is 53.4 Å². The standard InChI is InChI=1S/C45H27N3OS/c1-4-13-28(14-5-1)33-26-25-32(40-36-19-10-11-22-38(36)49-41(33)40)31-23-24-34-35-20-12-21-37(42(35)50-39(34)27-31)45-47-43(29-15-6-2-7-16-29)46-44(48-45)30-17-8-3-9-18-30/h1-27H. The average Bonchev–Trinajstić information content (AvgIpc) is 3.77. The first-order valence-electron chi connectivity index (χ1n) is 16.6. The van der Waals surface area contributed by atoms with Gasteiger partial charge in [0.25, 0.3) is 0 Å². The number of rotatable bonds is 5. The second-order valence-electron chi connectivity index (χ2n) is 12.4. The molecule has 0 radical (unpaired) electrons. The van der Waals surface area contributed by atoms with E-state index in [2.05, 4.69) is 91.0 Å². The van der Waals surface area contributed by atoms with Crippen LogP contribution >= 0.6 is 11.3 Å². The van der Waals surface area contributed by atoms with Crippen molar-refractivity contribution in [2.24, 2.45) is 0 Å². The fourth-order valence-electron chi connectivity index (χ4n) is 6.98. The molecular formula is C45H27N3OS.